The predicted molar refractivity (Wildman–Crippen MR) is 130 cm³/mol. The highest BCUT2D eigenvalue weighted by Crippen LogP contribution is 2.36. The van der Waals surface area contributed by atoms with Gasteiger partial charge >= 0.3 is 5.97 Å². The van der Waals surface area contributed by atoms with Gasteiger partial charge in [0.25, 0.3) is 11.5 Å². The van der Waals surface area contributed by atoms with Gasteiger partial charge in [0.2, 0.25) is 5.91 Å². The van der Waals surface area contributed by atoms with E-state index in [1.165, 1.54) is 18.3 Å². The van der Waals surface area contributed by atoms with Crippen molar-refractivity contribution in [1.82, 2.24) is 20.9 Å². The number of aliphatic carboxylic acids is 1. The van der Waals surface area contributed by atoms with E-state index in [2.05, 4.69) is 63.1 Å². The summed E-state index contributed by atoms with van der Waals surface area (Å²) in [6.45, 7) is 0.723. The van der Waals surface area contributed by atoms with Crippen molar-refractivity contribution in [3.05, 3.63) is 54.8 Å². The first kappa shape index (κ1) is 25.2. The first-order valence-corrected chi connectivity index (χ1v) is 11.5. The Morgan fingerprint density at radius 3 is 2.65 bits per heavy atom. The lowest BCUT2D eigenvalue weighted by atomic mass is 10.0. The first-order chi connectivity index (χ1) is 16.1. The number of carbonyl (C=O) groups excluding carboxylic acids is 2. The van der Waals surface area contributed by atoms with E-state index < -0.39 is 42.4 Å². The number of H-pyrrole nitrogens is 1. The molecule has 2 aromatic rings. The predicted octanol–water partition coefficient (Wildman–Crippen LogP) is 1.04. The summed E-state index contributed by atoms with van der Waals surface area (Å²) in [5.74, 6) is -2.32. The number of anilines is 1. The van der Waals surface area contributed by atoms with Crippen molar-refractivity contribution in [3.8, 4) is 5.75 Å². The average Bonchev–Trinajstić information content (AvgIpc) is 3.28. The van der Waals surface area contributed by atoms with E-state index >= 15 is 0 Å². The van der Waals surface area contributed by atoms with Crippen LogP contribution in [0.3, 0.4) is 0 Å². The Bertz CT molecular complexity index is 1210. The fourth-order valence-electron chi connectivity index (χ4n) is 3.09. The molecule has 0 aliphatic carbocycles. The van der Waals surface area contributed by atoms with Crippen LogP contribution in [-0.4, -0.2) is 58.6 Å². The third-order valence-corrected chi connectivity index (χ3v) is 5.71. The molecule has 1 atom stereocenters. The van der Waals surface area contributed by atoms with E-state index in [1.54, 1.807) is 6.07 Å². The van der Waals surface area contributed by atoms with Gasteiger partial charge in [0, 0.05) is 22.8 Å². The SMILES string of the molecule is O=C(O)C[C@H](NC(=O)CNC(=O)c1c[nH]c(=O)c(NC2=NCCN2)c1)c1cc(Br)cc(Br)c1O. The van der Waals surface area contributed by atoms with Crippen molar-refractivity contribution in [2.45, 2.75) is 12.5 Å². The number of nitrogens with zero attached hydrogens (tertiary/aromatic N) is 1. The van der Waals surface area contributed by atoms with E-state index in [0.717, 1.165) is 0 Å². The summed E-state index contributed by atoms with van der Waals surface area (Å²) in [4.78, 5) is 54.8. The number of carboxylic acids is 1. The van der Waals surface area contributed by atoms with Crippen molar-refractivity contribution in [1.29, 1.82) is 0 Å². The number of pyridine rings is 1. The maximum absolute atomic E-state index is 12.5. The molecule has 0 fully saturated rings. The molecule has 12 nitrogen and oxygen atoms in total. The van der Waals surface area contributed by atoms with Crippen LogP contribution in [0.2, 0.25) is 0 Å². The number of aliphatic imine (C=N–C) groups is 1. The first-order valence-electron chi connectivity index (χ1n) is 9.89. The molecule has 0 saturated heterocycles. The number of amides is 2. The van der Waals surface area contributed by atoms with Gasteiger partial charge in [-0.1, -0.05) is 15.9 Å². The molecule has 3 rings (SSSR count). The van der Waals surface area contributed by atoms with E-state index in [-0.39, 0.29) is 22.6 Å². The molecule has 14 heteroatoms. The van der Waals surface area contributed by atoms with Gasteiger partial charge in [-0.25, -0.2) is 0 Å². The quantitative estimate of drug-likeness (QED) is 0.234. The van der Waals surface area contributed by atoms with Crippen LogP contribution < -0.4 is 26.8 Å². The van der Waals surface area contributed by atoms with Gasteiger partial charge in [0.1, 0.15) is 11.4 Å². The fraction of sp³-hybridized carbons (Fsp3) is 0.250. The van der Waals surface area contributed by atoms with Crippen molar-refractivity contribution >= 4 is 61.3 Å². The molecule has 1 aromatic carbocycles. The fourth-order valence-corrected chi connectivity index (χ4v) is 4.35. The minimum absolute atomic E-state index is 0.0872. The Balaban J connectivity index is 1.66. The second kappa shape index (κ2) is 11.2. The number of phenols is 1. The summed E-state index contributed by atoms with van der Waals surface area (Å²) in [6.07, 6.45) is 0.706. The summed E-state index contributed by atoms with van der Waals surface area (Å²) < 4.78 is 0.877. The summed E-state index contributed by atoms with van der Waals surface area (Å²) in [5.41, 5.74) is -0.0862. The maximum Gasteiger partial charge on any atom is 0.305 e. The Morgan fingerprint density at radius 1 is 1.21 bits per heavy atom. The smallest absolute Gasteiger partial charge is 0.305 e. The molecule has 7 N–H and O–H groups in total. The third kappa shape index (κ3) is 6.57. The zero-order valence-corrected chi connectivity index (χ0v) is 20.6. The molecule has 2 heterocycles. The maximum atomic E-state index is 12.5. The Hall–Kier alpha value is -3.39. The number of carbonyl (C=O) groups is 3. The Labute approximate surface area is 209 Å². The highest BCUT2D eigenvalue weighted by Gasteiger charge is 2.23. The number of carboxylic acid groups (broad SMARTS) is 1. The lowest BCUT2D eigenvalue weighted by Crippen LogP contribution is -2.39. The second-order valence-corrected chi connectivity index (χ2v) is 8.91. The van der Waals surface area contributed by atoms with Gasteiger partial charge in [0.05, 0.1) is 35.6 Å². The van der Waals surface area contributed by atoms with E-state index in [1.807, 2.05) is 0 Å². The molecule has 1 aliphatic rings. The van der Waals surface area contributed by atoms with Crippen LogP contribution in [0.1, 0.15) is 28.4 Å². The Kier molecular flexibility index (Phi) is 8.28. The number of phenolic OH excluding ortho intramolecular Hbond substituents is 1. The molecule has 1 aromatic heterocycles. The van der Waals surface area contributed by atoms with Crippen molar-refractivity contribution < 1.29 is 24.6 Å². The average molecular weight is 600 g/mol. The molecule has 0 radical (unpaired) electrons. The van der Waals surface area contributed by atoms with Crippen molar-refractivity contribution in [3.63, 3.8) is 0 Å². The molecule has 2 amide bonds. The monoisotopic (exact) mass is 598 g/mol. The molecule has 1 aliphatic heterocycles. The molecule has 0 saturated carbocycles. The second-order valence-electron chi connectivity index (χ2n) is 7.14. The normalized spacial score (nSPS) is 13.4. The lowest BCUT2D eigenvalue weighted by Gasteiger charge is -2.20. The number of benzene rings is 1. The summed E-state index contributed by atoms with van der Waals surface area (Å²) in [7, 11) is 0. The zero-order valence-electron chi connectivity index (χ0n) is 17.4. The van der Waals surface area contributed by atoms with Crippen LogP contribution in [0.25, 0.3) is 0 Å². The van der Waals surface area contributed by atoms with Gasteiger partial charge in [0.15, 0.2) is 5.96 Å². The number of aromatic amines is 1. The zero-order chi connectivity index (χ0) is 24.8. The van der Waals surface area contributed by atoms with Crippen LogP contribution in [0, 0.1) is 0 Å². The highest BCUT2D eigenvalue weighted by molar-refractivity contribution is 9.11. The van der Waals surface area contributed by atoms with Gasteiger partial charge in [-0.3, -0.25) is 24.2 Å². The van der Waals surface area contributed by atoms with Crippen molar-refractivity contribution in [2.75, 3.05) is 25.0 Å². The number of aromatic nitrogens is 1. The molecular formula is C20H20Br2N6O6. The largest absolute Gasteiger partial charge is 0.506 e. The number of guanidine groups is 1. The highest BCUT2D eigenvalue weighted by atomic mass is 79.9. The van der Waals surface area contributed by atoms with E-state index in [4.69, 9.17) is 0 Å². The number of halogens is 2. The minimum Gasteiger partial charge on any atom is -0.506 e. The molecule has 180 valence electrons. The van der Waals surface area contributed by atoms with Crippen LogP contribution in [-0.2, 0) is 9.59 Å². The molecule has 34 heavy (non-hydrogen) atoms. The van der Waals surface area contributed by atoms with Crippen LogP contribution >= 0.6 is 31.9 Å². The topological polar surface area (TPSA) is 185 Å². The Morgan fingerprint density at radius 2 is 1.97 bits per heavy atom. The number of nitrogens with one attached hydrogen (secondary N) is 5. The molecule has 0 unspecified atom stereocenters. The molecular weight excluding hydrogens is 580 g/mol. The van der Waals surface area contributed by atoms with Gasteiger partial charge in [-0.2, -0.15) is 0 Å². The number of hydrogen-bond donors (Lipinski definition) is 7. The van der Waals surface area contributed by atoms with Crippen LogP contribution in [0.15, 0.2) is 43.1 Å². The number of hydrogen-bond acceptors (Lipinski definition) is 8. The minimum atomic E-state index is -1.19. The molecule has 0 bridgehead atoms. The van der Waals surface area contributed by atoms with Crippen LogP contribution in [0.5, 0.6) is 5.75 Å². The number of rotatable bonds is 8. The summed E-state index contributed by atoms with van der Waals surface area (Å²) in [6, 6.07) is 3.32. The number of aromatic hydroxyl groups is 1. The van der Waals surface area contributed by atoms with Gasteiger partial charge in [-0.05, 0) is 34.1 Å². The van der Waals surface area contributed by atoms with Crippen LogP contribution in [0.4, 0.5) is 5.69 Å². The van der Waals surface area contributed by atoms with Gasteiger partial charge < -0.3 is 36.5 Å². The van der Waals surface area contributed by atoms with E-state index in [9.17, 15) is 29.4 Å². The van der Waals surface area contributed by atoms with Crippen molar-refractivity contribution in [2.24, 2.45) is 4.99 Å². The summed E-state index contributed by atoms with van der Waals surface area (Å²) >= 11 is 6.43. The standard InChI is InChI=1S/C20H20Br2N6O6/c21-10-4-11(17(32)12(22)5-10)13(6-16(30)31)27-15(29)8-26-18(33)9-3-14(19(34)25-7-9)28-20-23-1-2-24-20/h3-5,7,13,32H,1-2,6,8H2,(H,25,34)(H,26,33)(H,27,29)(H,30,31)(H2,23,24,28)/t13-/m0/s1. The lowest BCUT2D eigenvalue weighted by molar-refractivity contribution is -0.137. The summed E-state index contributed by atoms with van der Waals surface area (Å²) in [5, 5.41) is 30.2. The van der Waals surface area contributed by atoms with Gasteiger partial charge in [-0.15, -0.1) is 0 Å². The third-order valence-electron chi connectivity index (χ3n) is 4.65. The molecule has 0 spiro atoms. The van der Waals surface area contributed by atoms with E-state index in [0.29, 0.717) is 28.0 Å².